The highest BCUT2D eigenvalue weighted by molar-refractivity contribution is 5.80. The number of nitrogens with one attached hydrogen (secondary N) is 2. The average Bonchev–Trinajstić information content (AvgIpc) is 2.50. The van der Waals surface area contributed by atoms with Gasteiger partial charge >= 0.3 is 0 Å². The van der Waals surface area contributed by atoms with Gasteiger partial charge in [-0.2, -0.15) is 0 Å². The number of hydrogen-bond donors (Lipinski definition) is 3. The van der Waals surface area contributed by atoms with E-state index in [2.05, 4.69) is 15.4 Å². The van der Waals surface area contributed by atoms with Crippen molar-refractivity contribution >= 4 is 17.7 Å². The highest BCUT2D eigenvalue weighted by atomic mass is 16.5. The predicted molar refractivity (Wildman–Crippen MR) is 85.5 cm³/mol. The standard InChI is InChI=1S/C15H29N3O5/c1-4-12(14(16)20)9-11(2)15(21)18-6-8-23-7-5-17-13(19)10-22-3/h11-12H,4-10H2,1-3H3,(H2,16,20)(H,17,19)(H,18,21). The fraction of sp³-hybridized carbons (Fsp3) is 0.800. The van der Waals surface area contributed by atoms with Gasteiger partial charge in [0.1, 0.15) is 6.61 Å². The lowest BCUT2D eigenvalue weighted by atomic mass is 9.92. The van der Waals surface area contributed by atoms with Crippen LogP contribution in [0.25, 0.3) is 0 Å². The van der Waals surface area contributed by atoms with Crippen LogP contribution < -0.4 is 16.4 Å². The summed E-state index contributed by atoms with van der Waals surface area (Å²) in [7, 11) is 1.45. The first-order valence-corrected chi connectivity index (χ1v) is 7.82. The van der Waals surface area contributed by atoms with Crippen molar-refractivity contribution in [3.63, 3.8) is 0 Å². The Bertz CT molecular complexity index is 376. The summed E-state index contributed by atoms with van der Waals surface area (Å²) in [4.78, 5) is 34.1. The molecule has 23 heavy (non-hydrogen) atoms. The number of rotatable bonds is 13. The Balaban J connectivity index is 3.70. The first-order valence-electron chi connectivity index (χ1n) is 7.82. The van der Waals surface area contributed by atoms with E-state index < -0.39 is 0 Å². The molecule has 0 heterocycles. The zero-order valence-corrected chi connectivity index (χ0v) is 14.2. The first-order chi connectivity index (χ1) is 10.9. The molecule has 0 aliphatic heterocycles. The summed E-state index contributed by atoms with van der Waals surface area (Å²) in [5, 5.41) is 5.37. The topological polar surface area (TPSA) is 120 Å². The van der Waals surface area contributed by atoms with Crippen LogP contribution in [0.4, 0.5) is 0 Å². The van der Waals surface area contributed by atoms with E-state index in [0.717, 1.165) is 0 Å². The molecule has 2 atom stereocenters. The molecular formula is C15H29N3O5. The van der Waals surface area contributed by atoms with Crippen molar-refractivity contribution in [1.82, 2.24) is 10.6 Å². The van der Waals surface area contributed by atoms with Gasteiger partial charge < -0.3 is 25.8 Å². The molecule has 0 bridgehead atoms. The molecule has 3 amide bonds. The van der Waals surface area contributed by atoms with E-state index in [0.29, 0.717) is 39.1 Å². The minimum absolute atomic E-state index is 0.0258. The zero-order chi connectivity index (χ0) is 17.7. The highest BCUT2D eigenvalue weighted by Crippen LogP contribution is 2.15. The molecule has 8 nitrogen and oxygen atoms in total. The lowest BCUT2D eigenvalue weighted by Crippen LogP contribution is -2.35. The van der Waals surface area contributed by atoms with Crippen LogP contribution in [0.1, 0.15) is 26.7 Å². The Hall–Kier alpha value is -1.67. The number of carbonyl (C=O) groups is 3. The van der Waals surface area contributed by atoms with Gasteiger partial charge in [0.05, 0.1) is 13.2 Å². The van der Waals surface area contributed by atoms with Crippen LogP contribution in [0.2, 0.25) is 0 Å². The molecule has 8 heteroatoms. The number of primary amides is 1. The monoisotopic (exact) mass is 331 g/mol. The number of carbonyl (C=O) groups excluding carboxylic acids is 3. The maximum Gasteiger partial charge on any atom is 0.246 e. The molecule has 4 N–H and O–H groups in total. The Kier molecular flexibility index (Phi) is 11.9. The molecule has 0 saturated carbocycles. The minimum Gasteiger partial charge on any atom is -0.378 e. The van der Waals surface area contributed by atoms with Gasteiger partial charge in [0.2, 0.25) is 17.7 Å². The van der Waals surface area contributed by atoms with Gasteiger partial charge in [-0.25, -0.2) is 0 Å². The first kappa shape index (κ1) is 21.3. The molecule has 0 aliphatic carbocycles. The van der Waals surface area contributed by atoms with Crippen LogP contribution in [0.15, 0.2) is 0 Å². The summed E-state index contributed by atoms with van der Waals surface area (Å²) in [6.07, 6.45) is 1.08. The van der Waals surface area contributed by atoms with Gasteiger partial charge in [-0.1, -0.05) is 13.8 Å². The van der Waals surface area contributed by atoms with Gasteiger partial charge in [-0.3, -0.25) is 14.4 Å². The van der Waals surface area contributed by atoms with Crippen molar-refractivity contribution in [3.05, 3.63) is 0 Å². The van der Waals surface area contributed by atoms with E-state index in [-0.39, 0.29) is 36.2 Å². The lowest BCUT2D eigenvalue weighted by molar-refractivity contribution is -0.127. The fourth-order valence-corrected chi connectivity index (χ4v) is 1.99. The van der Waals surface area contributed by atoms with Crippen molar-refractivity contribution in [3.8, 4) is 0 Å². The summed E-state index contributed by atoms with van der Waals surface area (Å²) in [6, 6.07) is 0. The second-order valence-corrected chi connectivity index (χ2v) is 5.33. The molecule has 0 saturated heterocycles. The van der Waals surface area contributed by atoms with E-state index in [1.807, 2.05) is 6.92 Å². The smallest absolute Gasteiger partial charge is 0.246 e. The van der Waals surface area contributed by atoms with Gasteiger partial charge in [0.15, 0.2) is 0 Å². The average molecular weight is 331 g/mol. The molecule has 0 aromatic heterocycles. The molecule has 0 rings (SSSR count). The van der Waals surface area contributed by atoms with Gasteiger partial charge in [-0.15, -0.1) is 0 Å². The van der Waals surface area contributed by atoms with Gasteiger partial charge in [0, 0.05) is 32.0 Å². The van der Waals surface area contributed by atoms with E-state index in [4.69, 9.17) is 10.5 Å². The Morgan fingerprint density at radius 3 is 2.26 bits per heavy atom. The van der Waals surface area contributed by atoms with Crippen LogP contribution in [-0.2, 0) is 23.9 Å². The quantitative estimate of drug-likeness (QED) is 0.390. The van der Waals surface area contributed by atoms with Crippen LogP contribution in [0.3, 0.4) is 0 Å². The zero-order valence-electron chi connectivity index (χ0n) is 14.2. The van der Waals surface area contributed by atoms with Crippen molar-refractivity contribution in [2.24, 2.45) is 17.6 Å². The molecule has 0 spiro atoms. The van der Waals surface area contributed by atoms with Crippen LogP contribution in [-0.4, -0.2) is 57.7 Å². The van der Waals surface area contributed by atoms with Crippen LogP contribution in [0, 0.1) is 11.8 Å². The number of methoxy groups -OCH3 is 1. The van der Waals surface area contributed by atoms with Crippen molar-refractivity contribution in [2.75, 3.05) is 40.0 Å². The molecule has 2 unspecified atom stereocenters. The number of nitrogens with two attached hydrogens (primary N) is 1. The predicted octanol–water partition coefficient (Wildman–Crippen LogP) is -0.580. The van der Waals surface area contributed by atoms with Crippen molar-refractivity contribution in [2.45, 2.75) is 26.7 Å². The summed E-state index contributed by atoms with van der Waals surface area (Å²) in [5.41, 5.74) is 5.28. The maximum atomic E-state index is 11.9. The van der Waals surface area contributed by atoms with Crippen molar-refractivity contribution < 1.29 is 23.9 Å². The van der Waals surface area contributed by atoms with E-state index >= 15 is 0 Å². The third kappa shape index (κ3) is 10.6. The molecule has 134 valence electrons. The van der Waals surface area contributed by atoms with Crippen molar-refractivity contribution in [1.29, 1.82) is 0 Å². The Morgan fingerprint density at radius 2 is 1.74 bits per heavy atom. The fourth-order valence-electron chi connectivity index (χ4n) is 1.99. The Morgan fingerprint density at radius 1 is 1.13 bits per heavy atom. The SMILES string of the molecule is CCC(CC(C)C(=O)NCCOCCNC(=O)COC)C(N)=O. The molecule has 0 aromatic rings. The normalized spacial score (nSPS) is 13.2. The van der Waals surface area contributed by atoms with Gasteiger partial charge in [-0.05, 0) is 12.8 Å². The van der Waals surface area contributed by atoms with Crippen LogP contribution >= 0.6 is 0 Å². The second-order valence-electron chi connectivity index (χ2n) is 5.33. The summed E-state index contributed by atoms with van der Waals surface area (Å²) >= 11 is 0. The summed E-state index contributed by atoms with van der Waals surface area (Å²) in [5.74, 6) is -1.24. The molecule has 0 aromatic carbocycles. The number of amides is 3. The largest absolute Gasteiger partial charge is 0.378 e. The lowest BCUT2D eigenvalue weighted by Gasteiger charge is -2.16. The summed E-state index contributed by atoms with van der Waals surface area (Å²) < 4.78 is 9.96. The number of ether oxygens (including phenoxy) is 2. The molecule has 0 aliphatic rings. The molecular weight excluding hydrogens is 302 g/mol. The van der Waals surface area contributed by atoms with Gasteiger partial charge in [0.25, 0.3) is 0 Å². The Labute approximate surface area is 137 Å². The third-order valence-electron chi connectivity index (χ3n) is 3.37. The maximum absolute atomic E-state index is 11.9. The molecule has 0 radical (unpaired) electrons. The van der Waals surface area contributed by atoms with Crippen LogP contribution in [0.5, 0.6) is 0 Å². The third-order valence-corrected chi connectivity index (χ3v) is 3.37. The number of hydrogen-bond acceptors (Lipinski definition) is 5. The summed E-state index contributed by atoms with van der Waals surface area (Å²) in [6.45, 7) is 5.16. The second kappa shape index (κ2) is 12.8. The molecule has 0 fully saturated rings. The van der Waals surface area contributed by atoms with E-state index in [9.17, 15) is 14.4 Å². The van der Waals surface area contributed by atoms with E-state index in [1.54, 1.807) is 6.92 Å². The minimum atomic E-state index is -0.369. The van der Waals surface area contributed by atoms with E-state index in [1.165, 1.54) is 7.11 Å². The highest BCUT2D eigenvalue weighted by Gasteiger charge is 2.21.